The fourth-order valence-corrected chi connectivity index (χ4v) is 1.44. The van der Waals surface area contributed by atoms with Crippen molar-refractivity contribution < 1.29 is 0 Å². The lowest BCUT2D eigenvalue weighted by Gasteiger charge is -2.14. The van der Waals surface area contributed by atoms with Crippen LogP contribution in [0.2, 0.25) is 0 Å². The molecule has 0 radical (unpaired) electrons. The quantitative estimate of drug-likeness (QED) is 0.455. The summed E-state index contributed by atoms with van der Waals surface area (Å²) in [5.74, 6) is 0. The van der Waals surface area contributed by atoms with E-state index in [-0.39, 0.29) is 0 Å². The summed E-state index contributed by atoms with van der Waals surface area (Å²) in [5.41, 5.74) is 5.99. The maximum atomic E-state index is 5.99. The van der Waals surface area contributed by atoms with Gasteiger partial charge in [-0.05, 0) is 46.3 Å². The summed E-state index contributed by atoms with van der Waals surface area (Å²) in [6.07, 6.45) is 9.26. The Hall–Kier alpha value is -0.340. The van der Waals surface area contributed by atoms with Crippen LogP contribution in [0.4, 0.5) is 0 Å². The van der Waals surface area contributed by atoms with Gasteiger partial charge in [-0.15, -0.1) is 6.58 Å². The Labute approximate surface area is 89.2 Å². The van der Waals surface area contributed by atoms with Crippen LogP contribution >= 0.6 is 0 Å². The predicted molar refractivity (Wildman–Crippen MR) is 64.4 cm³/mol. The summed E-state index contributed by atoms with van der Waals surface area (Å²) >= 11 is 0. The Bertz CT molecular complexity index is 132. The summed E-state index contributed by atoms with van der Waals surface area (Å²) in [4.78, 5) is 2.19. The lowest BCUT2D eigenvalue weighted by Crippen LogP contribution is -2.26. The van der Waals surface area contributed by atoms with Crippen molar-refractivity contribution in [1.82, 2.24) is 4.90 Å². The average molecular weight is 198 g/mol. The van der Waals surface area contributed by atoms with E-state index in [1.54, 1.807) is 0 Å². The molecule has 0 heterocycles. The minimum Gasteiger partial charge on any atom is -0.328 e. The second-order valence-electron chi connectivity index (χ2n) is 4.28. The molecular formula is C12H26N2. The van der Waals surface area contributed by atoms with E-state index in [1.165, 1.54) is 25.7 Å². The van der Waals surface area contributed by atoms with E-state index < -0.39 is 0 Å². The van der Waals surface area contributed by atoms with E-state index in [1.807, 2.05) is 6.08 Å². The fourth-order valence-electron chi connectivity index (χ4n) is 1.44. The van der Waals surface area contributed by atoms with E-state index in [0.29, 0.717) is 6.04 Å². The third-order valence-electron chi connectivity index (χ3n) is 2.43. The fraction of sp³-hybridized carbons (Fsp3) is 0.833. The van der Waals surface area contributed by atoms with Crippen molar-refractivity contribution in [2.75, 3.05) is 20.6 Å². The molecule has 84 valence electrons. The molecule has 0 spiro atoms. The van der Waals surface area contributed by atoms with E-state index >= 15 is 0 Å². The molecule has 0 saturated carbocycles. The number of hydrogen-bond donors (Lipinski definition) is 1. The highest BCUT2D eigenvalue weighted by Gasteiger charge is 2.02. The molecule has 2 heteroatoms. The Kier molecular flexibility index (Phi) is 9.00. The van der Waals surface area contributed by atoms with Gasteiger partial charge in [-0.2, -0.15) is 0 Å². The van der Waals surface area contributed by atoms with Gasteiger partial charge in [-0.3, -0.25) is 0 Å². The number of nitrogens with zero attached hydrogens (tertiary/aromatic N) is 1. The van der Waals surface area contributed by atoms with E-state index in [4.69, 9.17) is 5.73 Å². The standard InChI is InChI=1S/C12H26N2/c1-4-5-6-7-8-9-12(13)10-11-14(2)3/h4,12H,1,5-11,13H2,2-3H3. The summed E-state index contributed by atoms with van der Waals surface area (Å²) in [5, 5.41) is 0. The zero-order valence-corrected chi connectivity index (χ0v) is 9.84. The Morgan fingerprint density at radius 2 is 1.93 bits per heavy atom. The molecule has 2 N–H and O–H groups in total. The normalized spacial score (nSPS) is 13.1. The smallest absolute Gasteiger partial charge is 0.00509 e. The molecule has 14 heavy (non-hydrogen) atoms. The minimum atomic E-state index is 0.390. The van der Waals surface area contributed by atoms with Gasteiger partial charge in [-0.25, -0.2) is 0 Å². The number of nitrogens with two attached hydrogens (primary N) is 1. The van der Waals surface area contributed by atoms with E-state index in [9.17, 15) is 0 Å². The molecule has 0 aliphatic carbocycles. The zero-order valence-electron chi connectivity index (χ0n) is 9.84. The van der Waals surface area contributed by atoms with Gasteiger partial charge in [0.25, 0.3) is 0 Å². The molecule has 0 rings (SSSR count). The first-order chi connectivity index (χ1) is 6.66. The molecule has 1 unspecified atom stereocenters. The number of unbranched alkanes of at least 4 members (excludes halogenated alkanes) is 3. The first-order valence-electron chi connectivity index (χ1n) is 5.68. The number of rotatable bonds is 9. The molecule has 0 aliphatic heterocycles. The molecule has 0 aromatic carbocycles. The van der Waals surface area contributed by atoms with Crippen LogP contribution in [0, 0.1) is 0 Å². The van der Waals surface area contributed by atoms with Crippen LogP contribution in [0.1, 0.15) is 38.5 Å². The lowest BCUT2D eigenvalue weighted by atomic mass is 10.1. The molecule has 0 aliphatic rings. The first-order valence-corrected chi connectivity index (χ1v) is 5.68. The maximum Gasteiger partial charge on any atom is 0.00509 e. The second kappa shape index (κ2) is 9.22. The van der Waals surface area contributed by atoms with Crippen LogP contribution in [-0.2, 0) is 0 Å². The van der Waals surface area contributed by atoms with Crippen LogP contribution < -0.4 is 5.73 Å². The molecule has 0 bridgehead atoms. The van der Waals surface area contributed by atoms with Gasteiger partial charge in [0.05, 0.1) is 0 Å². The van der Waals surface area contributed by atoms with Gasteiger partial charge >= 0.3 is 0 Å². The largest absolute Gasteiger partial charge is 0.328 e. The highest BCUT2D eigenvalue weighted by atomic mass is 15.0. The van der Waals surface area contributed by atoms with Gasteiger partial charge in [0, 0.05) is 6.04 Å². The average Bonchev–Trinajstić information content (AvgIpc) is 2.14. The van der Waals surface area contributed by atoms with Gasteiger partial charge < -0.3 is 10.6 Å². The van der Waals surface area contributed by atoms with Crippen LogP contribution in [-0.4, -0.2) is 31.6 Å². The van der Waals surface area contributed by atoms with Crippen molar-refractivity contribution >= 4 is 0 Å². The summed E-state index contributed by atoms with van der Waals surface area (Å²) < 4.78 is 0. The monoisotopic (exact) mass is 198 g/mol. The highest BCUT2D eigenvalue weighted by Crippen LogP contribution is 2.06. The summed E-state index contributed by atoms with van der Waals surface area (Å²) in [6.45, 7) is 4.82. The Balaban J connectivity index is 3.17. The predicted octanol–water partition coefficient (Wildman–Crippen LogP) is 2.40. The first kappa shape index (κ1) is 13.7. The van der Waals surface area contributed by atoms with E-state index in [0.717, 1.165) is 19.4 Å². The van der Waals surface area contributed by atoms with Crippen molar-refractivity contribution in [3.05, 3.63) is 12.7 Å². The molecular weight excluding hydrogens is 172 g/mol. The number of hydrogen-bond acceptors (Lipinski definition) is 2. The molecule has 0 aromatic rings. The van der Waals surface area contributed by atoms with Crippen molar-refractivity contribution in [2.45, 2.75) is 44.6 Å². The lowest BCUT2D eigenvalue weighted by molar-refractivity contribution is 0.371. The third kappa shape index (κ3) is 9.75. The summed E-state index contributed by atoms with van der Waals surface area (Å²) in [7, 11) is 4.19. The second-order valence-corrected chi connectivity index (χ2v) is 4.28. The van der Waals surface area contributed by atoms with Gasteiger partial charge in [0.1, 0.15) is 0 Å². The van der Waals surface area contributed by atoms with Crippen molar-refractivity contribution in [3.63, 3.8) is 0 Å². The molecule has 0 saturated heterocycles. The Morgan fingerprint density at radius 1 is 1.21 bits per heavy atom. The highest BCUT2D eigenvalue weighted by molar-refractivity contribution is 4.67. The summed E-state index contributed by atoms with van der Waals surface area (Å²) in [6, 6.07) is 0.390. The number of allylic oxidation sites excluding steroid dienone is 1. The van der Waals surface area contributed by atoms with Crippen molar-refractivity contribution in [3.8, 4) is 0 Å². The van der Waals surface area contributed by atoms with Crippen LogP contribution in [0.5, 0.6) is 0 Å². The van der Waals surface area contributed by atoms with Crippen molar-refractivity contribution in [2.24, 2.45) is 5.73 Å². The molecule has 1 atom stereocenters. The molecule has 0 aromatic heterocycles. The van der Waals surface area contributed by atoms with Crippen LogP contribution in [0.15, 0.2) is 12.7 Å². The van der Waals surface area contributed by atoms with Crippen molar-refractivity contribution in [1.29, 1.82) is 0 Å². The SMILES string of the molecule is C=CCCCCCC(N)CCN(C)C. The molecule has 2 nitrogen and oxygen atoms in total. The van der Waals surface area contributed by atoms with Gasteiger partial charge in [0.2, 0.25) is 0 Å². The third-order valence-corrected chi connectivity index (χ3v) is 2.43. The zero-order chi connectivity index (χ0) is 10.8. The maximum absolute atomic E-state index is 5.99. The minimum absolute atomic E-state index is 0.390. The molecule has 0 fully saturated rings. The van der Waals surface area contributed by atoms with Crippen LogP contribution in [0.3, 0.4) is 0 Å². The van der Waals surface area contributed by atoms with Crippen LogP contribution in [0.25, 0.3) is 0 Å². The Morgan fingerprint density at radius 3 is 2.50 bits per heavy atom. The van der Waals surface area contributed by atoms with Gasteiger partial charge in [0.15, 0.2) is 0 Å². The van der Waals surface area contributed by atoms with E-state index in [2.05, 4.69) is 25.6 Å². The topological polar surface area (TPSA) is 29.3 Å². The molecule has 0 amide bonds. The van der Waals surface area contributed by atoms with Gasteiger partial charge in [-0.1, -0.05) is 18.9 Å².